The quantitative estimate of drug-likeness (QED) is 0.594. The summed E-state index contributed by atoms with van der Waals surface area (Å²) in [5.74, 6) is 0.199. The van der Waals surface area contributed by atoms with Crippen LogP contribution >= 0.6 is 12.2 Å². The van der Waals surface area contributed by atoms with Crippen molar-refractivity contribution in [3.8, 4) is 0 Å². The van der Waals surface area contributed by atoms with Gasteiger partial charge in [0.2, 0.25) is 0 Å². The largest absolute Gasteiger partial charge is 0.294 e. The Hall–Kier alpha value is -1.80. The number of Topliss-reactive ketones (excluding diaryl/α,β-unsaturated/α-hetero) is 1. The van der Waals surface area contributed by atoms with Gasteiger partial charge in [0.1, 0.15) is 0 Å². The van der Waals surface area contributed by atoms with Gasteiger partial charge in [-0.3, -0.25) is 4.79 Å². The molecule has 0 radical (unpaired) electrons. The molecule has 0 spiro atoms. The summed E-state index contributed by atoms with van der Waals surface area (Å²) in [6, 6.07) is 13.9. The predicted molar refractivity (Wildman–Crippen MR) is 87.8 cm³/mol. The molecule has 0 bridgehead atoms. The third-order valence-corrected chi connectivity index (χ3v) is 3.96. The number of carbonyl (C=O) groups is 1. The molecule has 2 heteroatoms. The molecule has 0 aliphatic heterocycles. The van der Waals surface area contributed by atoms with Crippen LogP contribution in [0.25, 0.3) is 0 Å². The van der Waals surface area contributed by atoms with Gasteiger partial charge in [-0.25, -0.2) is 0 Å². The fourth-order valence-electron chi connectivity index (χ4n) is 2.31. The van der Waals surface area contributed by atoms with Gasteiger partial charge in [-0.1, -0.05) is 54.7 Å². The Balaban J connectivity index is 2.13. The van der Waals surface area contributed by atoms with E-state index < -0.39 is 0 Å². The number of thiocarbonyl (C=S) groups is 1. The molecule has 0 amide bonds. The highest BCUT2D eigenvalue weighted by molar-refractivity contribution is 7.79. The van der Waals surface area contributed by atoms with Gasteiger partial charge in [-0.2, -0.15) is 0 Å². The first-order chi connectivity index (χ1) is 9.63. The maximum Gasteiger partial charge on any atom is 0.163 e. The summed E-state index contributed by atoms with van der Waals surface area (Å²) in [7, 11) is 0. The lowest BCUT2D eigenvalue weighted by Gasteiger charge is -2.08. The van der Waals surface area contributed by atoms with E-state index in [1.54, 1.807) is 5.37 Å². The van der Waals surface area contributed by atoms with E-state index in [0.29, 0.717) is 6.42 Å². The van der Waals surface area contributed by atoms with E-state index in [2.05, 4.69) is 0 Å². The number of hydrogen-bond donors (Lipinski definition) is 0. The van der Waals surface area contributed by atoms with E-state index in [-0.39, 0.29) is 5.78 Å². The summed E-state index contributed by atoms with van der Waals surface area (Å²) in [5.41, 5.74) is 5.26. The van der Waals surface area contributed by atoms with Gasteiger partial charge in [-0.05, 0) is 42.5 Å². The van der Waals surface area contributed by atoms with Crippen LogP contribution in [0.1, 0.15) is 39.0 Å². The Kier molecular flexibility index (Phi) is 4.80. The molecule has 20 heavy (non-hydrogen) atoms. The molecule has 2 rings (SSSR count). The molecular weight excluding hydrogens is 264 g/mol. The molecule has 102 valence electrons. The van der Waals surface area contributed by atoms with Gasteiger partial charge in [0, 0.05) is 17.4 Å². The average molecular weight is 282 g/mol. The van der Waals surface area contributed by atoms with E-state index >= 15 is 0 Å². The van der Waals surface area contributed by atoms with E-state index in [4.69, 9.17) is 12.2 Å². The van der Waals surface area contributed by atoms with Crippen LogP contribution in [-0.4, -0.2) is 11.2 Å². The van der Waals surface area contributed by atoms with Gasteiger partial charge in [-0.15, -0.1) is 0 Å². The summed E-state index contributed by atoms with van der Waals surface area (Å²) in [4.78, 5) is 12.4. The van der Waals surface area contributed by atoms with Gasteiger partial charge in [0.05, 0.1) is 0 Å². The van der Waals surface area contributed by atoms with E-state index in [0.717, 1.165) is 34.2 Å². The van der Waals surface area contributed by atoms with Crippen LogP contribution in [0.3, 0.4) is 0 Å². The lowest BCUT2D eigenvalue weighted by atomic mass is 9.95. The maximum atomic E-state index is 12.4. The number of carbonyl (C=O) groups excluding carboxylic acids is 1. The van der Waals surface area contributed by atoms with Crippen molar-refractivity contribution in [3.05, 3.63) is 70.3 Å². The molecule has 0 aromatic heterocycles. The second-order valence-electron chi connectivity index (χ2n) is 4.99. The number of benzene rings is 2. The first-order valence-corrected chi connectivity index (χ1v) is 7.23. The molecule has 0 saturated carbocycles. The Morgan fingerprint density at radius 2 is 1.85 bits per heavy atom. The monoisotopic (exact) mass is 282 g/mol. The van der Waals surface area contributed by atoms with Gasteiger partial charge >= 0.3 is 0 Å². The molecule has 0 N–H and O–H groups in total. The van der Waals surface area contributed by atoms with Crippen molar-refractivity contribution in [1.82, 2.24) is 0 Å². The van der Waals surface area contributed by atoms with Crippen molar-refractivity contribution in [3.63, 3.8) is 0 Å². The number of ketones is 1. The highest BCUT2D eigenvalue weighted by atomic mass is 32.1. The van der Waals surface area contributed by atoms with Crippen LogP contribution in [0.5, 0.6) is 0 Å². The average Bonchev–Trinajstić information content (AvgIpc) is 2.48. The summed E-state index contributed by atoms with van der Waals surface area (Å²) in [6.45, 7) is 4.04. The number of aryl methyl sites for hydroxylation is 2. The highest BCUT2D eigenvalue weighted by Gasteiger charge is 2.11. The minimum atomic E-state index is 0.199. The zero-order chi connectivity index (χ0) is 14.5. The van der Waals surface area contributed by atoms with E-state index in [1.165, 1.54) is 0 Å². The zero-order valence-corrected chi connectivity index (χ0v) is 12.7. The van der Waals surface area contributed by atoms with Gasteiger partial charge in [0.15, 0.2) is 5.78 Å². The Morgan fingerprint density at radius 3 is 2.60 bits per heavy atom. The molecule has 0 saturated heterocycles. The normalized spacial score (nSPS) is 10.3. The molecule has 2 aromatic carbocycles. The lowest BCUT2D eigenvalue weighted by molar-refractivity contribution is 0.0982. The van der Waals surface area contributed by atoms with Crippen molar-refractivity contribution in [1.29, 1.82) is 0 Å². The van der Waals surface area contributed by atoms with E-state index in [9.17, 15) is 4.79 Å². The molecule has 0 unspecified atom stereocenters. The highest BCUT2D eigenvalue weighted by Crippen LogP contribution is 2.17. The third-order valence-electron chi connectivity index (χ3n) is 3.71. The van der Waals surface area contributed by atoms with Crippen molar-refractivity contribution in [2.24, 2.45) is 0 Å². The molecule has 0 fully saturated rings. The molecule has 0 aliphatic carbocycles. The van der Waals surface area contributed by atoms with Crippen molar-refractivity contribution in [2.45, 2.75) is 26.7 Å². The molecule has 2 aromatic rings. The second-order valence-corrected chi connectivity index (χ2v) is 5.22. The zero-order valence-electron chi connectivity index (χ0n) is 11.8. The summed E-state index contributed by atoms with van der Waals surface area (Å²) in [6.07, 6.45) is 1.25. The number of hydrogen-bond acceptors (Lipinski definition) is 2. The van der Waals surface area contributed by atoms with Gasteiger partial charge in [0.25, 0.3) is 0 Å². The molecule has 0 aliphatic rings. The first kappa shape index (κ1) is 14.6. The van der Waals surface area contributed by atoms with Crippen LogP contribution in [0.4, 0.5) is 0 Å². The summed E-state index contributed by atoms with van der Waals surface area (Å²) in [5, 5.41) is 1.68. The lowest BCUT2D eigenvalue weighted by Crippen LogP contribution is -2.05. The fraction of sp³-hybridized carbons (Fsp3) is 0.222. The summed E-state index contributed by atoms with van der Waals surface area (Å²) < 4.78 is 0. The molecule has 0 atom stereocenters. The fourth-order valence-corrected chi connectivity index (χ4v) is 2.54. The van der Waals surface area contributed by atoms with Crippen LogP contribution in [0.15, 0.2) is 42.5 Å². The topological polar surface area (TPSA) is 17.1 Å². The summed E-state index contributed by atoms with van der Waals surface area (Å²) >= 11 is 5.01. The van der Waals surface area contributed by atoms with E-state index in [1.807, 2.05) is 56.3 Å². The molecule has 1 nitrogen and oxygen atoms in total. The van der Waals surface area contributed by atoms with Crippen LogP contribution in [0.2, 0.25) is 0 Å². The van der Waals surface area contributed by atoms with Crippen molar-refractivity contribution in [2.75, 3.05) is 0 Å². The Bertz CT molecular complexity index is 644. The first-order valence-electron chi connectivity index (χ1n) is 6.76. The van der Waals surface area contributed by atoms with Crippen LogP contribution in [0, 0.1) is 13.8 Å². The van der Waals surface area contributed by atoms with Crippen LogP contribution in [-0.2, 0) is 6.42 Å². The Morgan fingerprint density at radius 1 is 1.10 bits per heavy atom. The third kappa shape index (κ3) is 3.20. The standard InChI is InChI=1S/C18H18OS/c1-13-6-5-9-17(14(13)2)18(19)11-10-15-7-3-4-8-16(15)12-20/h3-9,12H,10-11H2,1-2H3. The smallest absolute Gasteiger partial charge is 0.163 e. The van der Waals surface area contributed by atoms with Crippen molar-refractivity contribution < 1.29 is 4.79 Å². The SMILES string of the molecule is Cc1cccc(C(=O)CCc2ccccc2C=S)c1C. The number of rotatable bonds is 5. The Labute approximate surface area is 125 Å². The second kappa shape index (κ2) is 6.58. The molecular formula is C18H18OS. The maximum absolute atomic E-state index is 12.4. The predicted octanol–water partition coefficient (Wildman–Crippen LogP) is 4.47. The van der Waals surface area contributed by atoms with Crippen molar-refractivity contribution >= 4 is 23.4 Å². The molecule has 0 heterocycles. The van der Waals surface area contributed by atoms with Crippen LogP contribution < -0.4 is 0 Å². The minimum Gasteiger partial charge on any atom is -0.294 e. The van der Waals surface area contributed by atoms with Gasteiger partial charge < -0.3 is 0 Å². The minimum absolute atomic E-state index is 0.199.